The molecule has 0 aliphatic rings. The first-order valence-corrected chi connectivity index (χ1v) is 8.71. The van der Waals surface area contributed by atoms with Gasteiger partial charge in [0.2, 0.25) is 0 Å². The number of fused-ring (bicyclic) bond motifs is 1. The van der Waals surface area contributed by atoms with Crippen molar-refractivity contribution in [3.05, 3.63) is 64.2 Å². The lowest BCUT2D eigenvalue weighted by atomic mass is 10.2. The molecule has 2 aromatic carbocycles. The maximum Gasteiger partial charge on any atom is 0.326 e. The number of aromatic nitrogens is 1. The van der Waals surface area contributed by atoms with Gasteiger partial charge >= 0.3 is 5.97 Å². The first-order chi connectivity index (χ1) is 12.8. The summed E-state index contributed by atoms with van der Waals surface area (Å²) in [6.45, 7) is 1.59. The first-order valence-electron chi connectivity index (χ1n) is 7.90. The number of carboxylic acid groups (broad SMARTS) is 1. The van der Waals surface area contributed by atoms with Gasteiger partial charge in [-0.1, -0.05) is 30.4 Å². The molecule has 1 unspecified atom stereocenters. The molecule has 0 spiro atoms. The minimum Gasteiger partial charge on any atom is -0.480 e. The van der Waals surface area contributed by atoms with Crippen LogP contribution in [0, 0.1) is 17.5 Å². The topological polar surface area (TPSA) is 71.7 Å². The summed E-state index contributed by atoms with van der Waals surface area (Å²) in [6, 6.07) is 5.82. The predicted molar refractivity (Wildman–Crippen MR) is 93.0 cm³/mol. The van der Waals surface area contributed by atoms with Crippen molar-refractivity contribution >= 4 is 33.4 Å². The van der Waals surface area contributed by atoms with Crippen LogP contribution in [0.2, 0.25) is 0 Å². The van der Waals surface area contributed by atoms with Gasteiger partial charge in [0.05, 0.1) is 15.8 Å². The van der Waals surface area contributed by atoms with Gasteiger partial charge in [0, 0.05) is 6.07 Å². The standard InChI is InChI=1S/C18H13F3N2O3S/c1-2-13(17(25)26)23-14-7-11(20)12(21)8-15(14)27-18(23)22-16(24)9-5-3-4-6-10(9)19/h3-8,13H,2H2,1H3,(H,25,26)/b22-18-. The number of carbonyl (C=O) groups is 2. The number of hydrogen-bond donors (Lipinski definition) is 1. The third-order valence-electron chi connectivity index (χ3n) is 3.95. The van der Waals surface area contributed by atoms with E-state index < -0.39 is 35.4 Å². The lowest BCUT2D eigenvalue weighted by molar-refractivity contribution is -0.140. The van der Waals surface area contributed by atoms with Crippen molar-refractivity contribution in [2.24, 2.45) is 4.99 Å². The average Bonchev–Trinajstić information content (AvgIpc) is 2.93. The summed E-state index contributed by atoms with van der Waals surface area (Å²) < 4.78 is 42.5. The van der Waals surface area contributed by atoms with Crippen molar-refractivity contribution in [3.63, 3.8) is 0 Å². The SMILES string of the molecule is CCC(C(=O)O)n1/c(=N/C(=O)c2ccccc2F)sc2cc(F)c(F)cc21. The second-order valence-electron chi connectivity index (χ2n) is 5.65. The molecule has 0 saturated carbocycles. The number of amides is 1. The van der Waals surface area contributed by atoms with Crippen LogP contribution >= 0.6 is 11.3 Å². The molecule has 1 aromatic heterocycles. The van der Waals surface area contributed by atoms with Crippen LogP contribution in [0.15, 0.2) is 41.4 Å². The fourth-order valence-corrected chi connectivity index (χ4v) is 3.74. The Balaban J connectivity index is 2.30. The van der Waals surface area contributed by atoms with E-state index >= 15 is 0 Å². The van der Waals surface area contributed by atoms with Crippen LogP contribution in [0.5, 0.6) is 0 Å². The molecule has 0 aliphatic heterocycles. The number of halogens is 3. The zero-order valence-corrected chi connectivity index (χ0v) is 14.8. The minimum absolute atomic E-state index is 0.0856. The molecule has 140 valence electrons. The summed E-state index contributed by atoms with van der Waals surface area (Å²) in [6.07, 6.45) is 0.112. The van der Waals surface area contributed by atoms with Gasteiger partial charge < -0.3 is 9.67 Å². The van der Waals surface area contributed by atoms with Crippen LogP contribution in [0.25, 0.3) is 10.2 Å². The molecule has 0 fully saturated rings. The van der Waals surface area contributed by atoms with Crippen LogP contribution in [-0.2, 0) is 4.79 Å². The largest absolute Gasteiger partial charge is 0.480 e. The number of hydrogen-bond acceptors (Lipinski definition) is 3. The van der Waals surface area contributed by atoms with Crippen LogP contribution in [0.1, 0.15) is 29.7 Å². The number of rotatable bonds is 4. The highest BCUT2D eigenvalue weighted by atomic mass is 32.1. The zero-order chi connectivity index (χ0) is 19.7. The molecule has 1 amide bonds. The van der Waals surface area contributed by atoms with Gasteiger partial charge in [-0.25, -0.2) is 18.0 Å². The average molecular weight is 394 g/mol. The van der Waals surface area contributed by atoms with Crippen LogP contribution in [0.4, 0.5) is 13.2 Å². The molecular formula is C18H13F3N2O3S. The quantitative estimate of drug-likeness (QED) is 0.730. The summed E-state index contributed by atoms with van der Waals surface area (Å²) in [4.78, 5) is 27.7. The smallest absolute Gasteiger partial charge is 0.326 e. The van der Waals surface area contributed by atoms with Crippen molar-refractivity contribution in [3.8, 4) is 0 Å². The molecule has 27 heavy (non-hydrogen) atoms. The number of nitrogens with zero attached hydrogens (tertiary/aromatic N) is 2. The van der Waals surface area contributed by atoms with Crippen molar-refractivity contribution in [1.82, 2.24) is 4.57 Å². The molecule has 0 saturated heterocycles. The van der Waals surface area contributed by atoms with Gasteiger partial charge in [-0.2, -0.15) is 4.99 Å². The third-order valence-corrected chi connectivity index (χ3v) is 4.97. The maximum atomic E-state index is 13.8. The fraction of sp³-hybridized carbons (Fsp3) is 0.167. The third kappa shape index (κ3) is 3.50. The van der Waals surface area contributed by atoms with Gasteiger partial charge in [-0.05, 0) is 24.6 Å². The molecule has 1 heterocycles. The van der Waals surface area contributed by atoms with E-state index in [9.17, 15) is 27.9 Å². The van der Waals surface area contributed by atoms with E-state index in [2.05, 4.69) is 4.99 Å². The number of carbonyl (C=O) groups excluding carboxylic acids is 1. The highest BCUT2D eigenvalue weighted by Gasteiger charge is 2.23. The molecule has 0 radical (unpaired) electrons. The van der Waals surface area contributed by atoms with Crippen LogP contribution < -0.4 is 4.80 Å². The van der Waals surface area contributed by atoms with Gasteiger partial charge in [-0.15, -0.1) is 0 Å². The Labute approximate surface area is 155 Å². The number of benzene rings is 2. The highest BCUT2D eigenvalue weighted by Crippen LogP contribution is 2.25. The van der Waals surface area contributed by atoms with Gasteiger partial charge in [-0.3, -0.25) is 4.79 Å². The van der Waals surface area contributed by atoms with Crippen LogP contribution in [0.3, 0.4) is 0 Å². The first kappa shape index (κ1) is 18.8. The summed E-state index contributed by atoms with van der Waals surface area (Å²) in [5.41, 5.74) is -0.199. The Hall–Kier alpha value is -2.94. The summed E-state index contributed by atoms with van der Waals surface area (Å²) in [7, 11) is 0. The second-order valence-corrected chi connectivity index (χ2v) is 6.66. The lowest BCUT2D eigenvalue weighted by Crippen LogP contribution is -2.27. The summed E-state index contributed by atoms with van der Waals surface area (Å²) in [5, 5.41) is 9.48. The van der Waals surface area contributed by atoms with E-state index in [-0.39, 0.29) is 27.0 Å². The maximum absolute atomic E-state index is 13.8. The summed E-state index contributed by atoms with van der Waals surface area (Å²) in [5.74, 6) is -5.18. The van der Waals surface area contributed by atoms with Crippen LogP contribution in [-0.4, -0.2) is 21.6 Å². The zero-order valence-electron chi connectivity index (χ0n) is 13.9. The van der Waals surface area contributed by atoms with E-state index in [0.717, 1.165) is 34.1 Å². The molecule has 0 bridgehead atoms. The lowest BCUT2D eigenvalue weighted by Gasteiger charge is -2.13. The van der Waals surface area contributed by atoms with E-state index in [1.807, 2.05) is 0 Å². The van der Waals surface area contributed by atoms with E-state index in [1.165, 1.54) is 18.2 Å². The fourth-order valence-electron chi connectivity index (χ4n) is 2.67. The molecule has 1 atom stereocenters. The molecule has 0 aliphatic carbocycles. The minimum atomic E-state index is -1.22. The van der Waals surface area contributed by atoms with E-state index in [1.54, 1.807) is 6.92 Å². The highest BCUT2D eigenvalue weighted by molar-refractivity contribution is 7.16. The molecule has 3 aromatic rings. The number of aliphatic carboxylic acids is 1. The Morgan fingerprint density at radius 3 is 2.44 bits per heavy atom. The molecule has 3 rings (SSSR count). The van der Waals surface area contributed by atoms with E-state index in [0.29, 0.717) is 0 Å². The van der Waals surface area contributed by atoms with Gasteiger partial charge in [0.25, 0.3) is 5.91 Å². The number of carboxylic acids is 1. The van der Waals surface area contributed by atoms with Crippen molar-refractivity contribution in [2.75, 3.05) is 0 Å². The van der Waals surface area contributed by atoms with E-state index in [4.69, 9.17) is 0 Å². The van der Waals surface area contributed by atoms with Gasteiger partial charge in [0.15, 0.2) is 16.4 Å². The monoisotopic (exact) mass is 394 g/mol. The van der Waals surface area contributed by atoms with Crippen molar-refractivity contribution in [1.29, 1.82) is 0 Å². The molecule has 5 nitrogen and oxygen atoms in total. The normalized spacial score (nSPS) is 13.1. The molecule has 1 N–H and O–H groups in total. The number of thiazole rings is 1. The Bertz CT molecular complexity index is 1120. The summed E-state index contributed by atoms with van der Waals surface area (Å²) >= 11 is 0.820. The van der Waals surface area contributed by atoms with Crippen molar-refractivity contribution in [2.45, 2.75) is 19.4 Å². The molecular weight excluding hydrogens is 381 g/mol. The molecule has 9 heteroatoms. The predicted octanol–water partition coefficient (Wildman–Crippen LogP) is 3.90. The van der Waals surface area contributed by atoms with Crippen molar-refractivity contribution < 1.29 is 27.9 Å². The van der Waals surface area contributed by atoms with Gasteiger partial charge in [0.1, 0.15) is 11.9 Å². The second kappa shape index (κ2) is 7.36. The Morgan fingerprint density at radius 1 is 1.15 bits per heavy atom. The Kier molecular flexibility index (Phi) is 5.13. The Morgan fingerprint density at radius 2 is 1.81 bits per heavy atom.